The fourth-order valence-corrected chi connectivity index (χ4v) is 5.93. The molecule has 0 radical (unpaired) electrons. The molecule has 3 heterocycles. The molecule has 2 fully saturated rings. The van der Waals surface area contributed by atoms with Gasteiger partial charge in [0, 0.05) is 45.3 Å². The zero-order valence-corrected chi connectivity index (χ0v) is 19.6. The minimum absolute atomic E-state index is 0.0853. The Morgan fingerprint density at radius 3 is 2.31 bits per heavy atom. The van der Waals surface area contributed by atoms with Crippen LogP contribution in [0.4, 0.5) is 0 Å². The van der Waals surface area contributed by atoms with E-state index in [0.29, 0.717) is 44.3 Å². The third-order valence-electron chi connectivity index (χ3n) is 6.65. The molecule has 2 aromatic rings. The summed E-state index contributed by atoms with van der Waals surface area (Å²) in [5.74, 6) is 2.05. The van der Waals surface area contributed by atoms with Gasteiger partial charge < -0.3 is 14.2 Å². The van der Waals surface area contributed by atoms with Gasteiger partial charge in [0.2, 0.25) is 5.91 Å². The molecule has 2 saturated heterocycles. The van der Waals surface area contributed by atoms with Gasteiger partial charge in [0.25, 0.3) is 10.0 Å². The van der Waals surface area contributed by atoms with Crippen LogP contribution in [-0.2, 0) is 21.9 Å². The van der Waals surface area contributed by atoms with Gasteiger partial charge in [0.15, 0.2) is 5.03 Å². The molecule has 2 aliphatic heterocycles. The van der Waals surface area contributed by atoms with Crippen molar-refractivity contribution in [3.63, 3.8) is 0 Å². The quantitative estimate of drug-likeness (QED) is 0.661. The fraction of sp³-hybridized carbons (Fsp3) is 0.565. The average molecular weight is 461 g/mol. The molecule has 0 atom stereocenters. The van der Waals surface area contributed by atoms with Crippen molar-refractivity contribution in [2.24, 2.45) is 18.9 Å². The summed E-state index contributed by atoms with van der Waals surface area (Å²) < 4.78 is 34.8. The van der Waals surface area contributed by atoms with Crippen molar-refractivity contribution in [2.75, 3.05) is 32.8 Å². The van der Waals surface area contributed by atoms with Crippen molar-refractivity contribution >= 4 is 15.9 Å². The second-order valence-corrected chi connectivity index (χ2v) is 10.7. The monoisotopic (exact) mass is 460 g/mol. The minimum Gasteiger partial charge on any atom is -0.493 e. The molecule has 8 nitrogen and oxygen atoms in total. The number of carbonyl (C=O) groups is 1. The first-order valence-corrected chi connectivity index (χ1v) is 12.8. The highest BCUT2D eigenvalue weighted by atomic mass is 32.2. The smallest absolute Gasteiger partial charge is 0.262 e. The summed E-state index contributed by atoms with van der Waals surface area (Å²) in [7, 11) is -1.83. The van der Waals surface area contributed by atoms with Crippen LogP contribution in [0, 0.1) is 18.8 Å². The Kier molecular flexibility index (Phi) is 6.85. The lowest BCUT2D eigenvalue weighted by Gasteiger charge is -2.36. The largest absolute Gasteiger partial charge is 0.493 e. The van der Waals surface area contributed by atoms with Crippen LogP contribution in [0.5, 0.6) is 5.75 Å². The van der Waals surface area contributed by atoms with E-state index in [0.717, 1.165) is 31.7 Å². The van der Waals surface area contributed by atoms with Gasteiger partial charge in [0.1, 0.15) is 11.6 Å². The number of piperidine rings is 2. The number of hydrogen-bond donors (Lipinski definition) is 0. The van der Waals surface area contributed by atoms with Gasteiger partial charge in [-0.3, -0.25) is 4.79 Å². The molecule has 0 spiro atoms. The summed E-state index contributed by atoms with van der Waals surface area (Å²) in [6.45, 7) is 4.66. The topological polar surface area (TPSA) is 84.7 Å². The number of hydrogen-bond acceptors (Lipinski definition) is 5. The number of imidazole rings is 1. The third-order valence-corrected chi connectivity index (χ3v) is 8.42. The molecule has 1 amide bonds. The van der Waals surface area contributed by atoms with E-state index < -0.39 is 10.0 Å². The predicted molar refractivity (Wildman–Crippen MR) is 121 cm³/mol. The third kappa shape index (κ3) is 4.99. The molecule has 0 unspecified atom stereocenters. The second-order valence-electron chi connectivity index (χ2n) is 8.81. The van der Waals surface area contributed by atoms with E-state index in [-0.39, 0.29) is 16.9 Å². The zero-order chi connectivity index (χ0) is 22.7. The van der Waals surface area contributed by atoms with Crippen LogP contribution in [0.2, 0.25) is 0 Å². The number of amides is 1. The molecule has 1 aromatic heterocycles. The van der Waals surface area contributed by atoms with Crippen molar-refractivity contribution in [2.45, 2.75) is 37.6 Å². The van der Waals surface area contributed by atoms with Crippen molar-refractivity contribution in [1.29, 1.82) is 0 Å². The Morgan fingerprint density at radius 1 is 1.06 bits per heavy atom. The number of carbonyl (C=O) groups excluding carboxylic acids is 1. The summed E-state index contributed by atoms with van der Waals surface area (Å²) in [5, 5.41) is 0.0853. The summed E-state index contributed by atoms with van der Waals surface area (Å²) in [6.07, 6.45) is 4.53. The SMILES string of the molecule is Cc1nc(S(=O)(=O)N2CCC(C(=O)N3CCC(COc4ccccc4)CC3)CC2)cn1C. The number of para-hydroxylation sites is 1. The van der Waals surface area contributed by atoms with Gasteiger partial charge in [-0.15, -0.1) is 0 Å². The summed E-state index contributed by atoms with van der Waals surface area (Å²) in [5.41, 5.74) is 0. The van der Waals surface area contributed by atoms with E-state index >= 15 is 0 Å². The molecule has 174 valence electrons. The summed E-state index contributed by atoms with van der Waals surface area (Å²) >= 11 is 0. The molecular formula is C23H32N4O4S. The van der Waals surface area contributed by atoms with Crippen LogP contribution >= 0.6 is 0 Å². The van der Waals surface area contributed by atoms with E-state index in [2.05, 4.69) is 4.98 Å². The summed E-state index contributed by atoms with van der Waals surface area (Å²) in [6, 6.07) is 9.81. The molecule has 2 aliphatic rings. The zero-order valence-electron chi connectivity index (χ0n) is 18.8. The molecule has 0 bridgehead atoms. The maximum Gasteiger partial charge on any atom is 0.262 e. The maximum atomic E-state index is 13.0. The minimum atomic E-state index is -3.61. The van der Waals surface area contributed by atoms with Crippen LogP contribution in [-0.4, -0.2) is 65.9 Å². The average Bonchev–Trinajstić information content (AvgIpc) is 3.17. The highest BCUT2D eigenvalue weighted by molar-refractivity contribution is 7.89. The lowest BCUT2D eigenvalue weighted by Crippen LogP contribution is -2.47. The number of aryl methyl sites for hydroxylation is 2. The first-order valence-electron chi connectivity index (χ1n) is 11.3. The van der Waals surface area contributed by atoms with Gasteiger partial charge in [-0.25, -0.2) is 13.4 Å². The number of ether oxygens (including phenoxy) is 1. The molecule has 1 aromatic carbocycles. The Bertz CT molecular complexity index is 1000. The van der Waals surface area contributed by atoms with Gasteiger partial charge in [-0.05, 0) is 50.7 Å². The first-order chi connectivity index (χ1) is 15.3. The summed E-state index contributed by atoms with van der Waals surface area (Å²) in [4.78, 5) is 19.2. The molecule has 0 N–H and O–H groups in total. The van der Waals surface area contributed by atoms with Crippen molar-refractivity contribution in [3.8, 4) is 5.75 Å². The van der Waals surface area contributed by atoms with E-state index in [1.807, 2.05) is 35.2 Å². The van der Waals surface area contributed by atoms with E-state index in [1.165, 1.54) is 4.31 Å². The van der Waals surface area contributed by atoms with Crippen molar-refractivity contribution < 1.29 is 17.9 Å². The Hall–Kier alpha value is -2.39. The maximum absolute atomic E-state index is 13.0. The lowest BCUT2D eigenvalue weighted by molar-refractivity contribution is -0.138. The van der Waals surface area contributed by atoms with E-state index in [1.54, 1.807) is 24.7 Å². The number of rotatable bonds is 6. The number of nitrogens with zero attached hydrogens (tertiary/aromatic N) is 4. The standard InChI is InChI=1S/C23H32N4O4S/c1-18-24-22(16-25(18)2)32(29,30)27-14-10-20(11-15-27)23(28)26-12-8-19(9-13-26)17-31-21-6-4-3-5-7-21/h3-7,16,19-20H,8-15,17H2,1-2H3. The molecule has 9 heteroatoms. The predicted octanol–water partition coefficient (Wildman–Crippen LogP) is 2.45. The van der Waals surface area contributed by atoms with E-state index in [4.69, 9.17) is 4.74 Å². The van der Waals surface area contributed by atoms with E-state index in [9.17, 15) is 13.2 Å². The second kappa shape index (κ2) is 9.62. The molecular weight excluding hydrogens is 428 g/mol. The molecule has 32 heavy (non-hydrogen) atoms. The number of benzene rings is 1. The fourth-order valence-electron chi connectivity index (χ4n) is 4.43. The molecule has 0 aliphatic carbocycles. The first kappa shape index (κ1) is 22.8. The Morgan fingerprint density at radius 2 is 1.72 bits per heavy atom. The van der Waals surface area contributed by atoms with Crippen LogP contribution in [0.1, 0.15) is 31.5 Å². The van der Waals surface area contributed by atoms with Crippen LogP contribution in [0.25, 0.3) is 0 Å². The number of aromatic nitrogens is 2. The number of likely N-dealkylation sites (tertiary alicyclic amines) is 1. The van der Waals surface area contributed by atoms with Crippen molar-refractivity contribution in [1.82, 2.24) is 18.8 Å². The van der Waals surface area contributed by atoms with Crippen molar-refractivity contribution in [3.05, 3.63) is 42.4 Å². The lowest BCUT2D eigenvalue weighted by atomic mass is 9.93. The van der Waals surface area contributed by atoms with Gasteiger partial charge in [0.05, 0.1) is 6.61 Å². The van der Waals surface area contributed by atoms with Gasteiger partial charge >= 0.3 is 0 Å². The molecule has 0 saturated carbocycles. The molecule has 4 rings (SSSR count). The van der Waals surface area contributed by atoms with Gasteiger partial charge in [-0.1, -0.05) is 18.2 Å². The Labute approximate surface area is 190 Å². The van der Waals surface area contributed by atoms with Crippen LogP contribution in [0.3, 0.4) is 0 Å². The van der Waals surface area contributed by atoms with Crippen LogP contribution < -0.4 is 4.74 Å². The highest BCUT2D eigenvalue weighted by Gasteiger charge is 2.35. The van der Waals surface area contributed by atoms with Crippen LogP contribution in [0.15, 0.2) is 41.6 Å². The number of sulfonamides is 1. The Balaban J connectivity index is 1.24. The normalized spacial score (nSPS) is 19.2. The highest BCUT2D eigenvalue weighted by Crippen LogP contribution is 2.27. The van der Waals surface area contributed by atoms with Gasteiger partial charge in [-0.2, -0.15) is 4.31 Å².